The van der Waals surface area contributed by atoms with Crippen molar-refractivity contribution in [3.63, 3.8) is 0 Å². The van der Waals surface area contributed by atoms with E-state index in [4.69, 9.17) is 23.2 Å². The third-order valence-corrected chi connectivity index (χ3v) is 3.78. The van der Waals surface area contributed by atoms with Crippen LogP contribution in [0.5, 0.6) is 0 Å². The van der Waals surface area contributed by atoms with E-state index in [1.165, 1.54) is 6.07 Å². The minimum absolute atomic E-state index is 0.0713. The van der Waals surface area contributed by atoms with Gasteiger partial charge in [0.05, 0.1) is 34.2 Å². The maximum atomic E-state index is 13.5. The molecule has 0 amide bonds. The minimum atomic E-state index is -0.483. The van der Waals surface area contributed by atoms with Crippen molar-refractivity contribution in [1.29, 1.82) is 0 Å². The van der Waals surface area contributed by atoms with Gasteiger partial charge in [0.25, 0.3) is 0 Å². The molecule has 108 valence electrons. The van der Waals surface area contributed by atoms with Crippen molar-refractivity contribution in [2.45, 2.75) is 19.3 Å². The zero-order chi connectivity index (χ0) is 15.0. The monoisotopic (exact) mass is 323 g/mol. The fourth-order valence-electron chi connectivity index (χ4n) is 2.30. The van der Waals surface area contributed by atoms with Crippen LogP contribution in [0.25, 0.3) is 11.0 Å². The van der Waals surface area contributed by atoms with E-state index in [0.717, 1.165) is 16.9 Å². The highest BCUT2D eigenvalue weighted by atomic mass is 35.5. The lowest BCUT2D eigenvalue weighted by atomic mass is 10.3. The van der Waals surface area contributed by atoms with Gasteiger partial charge in [-0.05, 0) is 25.1 Å². The molecule has 0 radical (unpaired) electrons. The summed E-state index contributed by atoms with van der Waals surface area (Å²) < 4.78 is 15.5. The smallest absolute Gasteiger partial charge is 0.144 e. The van der Waals surface area contributed by atoms with Crippen molar-refractivity contribution >= 4 is 34.2 Å². The van der Waals surface area contributed by atoms with Gasteiger partial charge in [-0.2, -0.15) is 0 Å². The maximum Gasteiger partial charge on any atom is 0.144 e. The van der Waals surface area contributed by atoms with Gasteiger partial charge in [-0.25, -0.2) is 9.37 Å². The zero-order valence-corrected chi connectivity index (χ0v) is 12.8. The van der Waals surface area contributed by atoms with E-state index in [1.54, 1.807) is 6.07 Å². The van der Waals surface area contributed by atoms with Gasteiger partial charge in [-0.15, -0.1) is 11.6 Å². The first-order chi connectivity index (χ1) is 10.1. The van der Waals surface area contributed by atoms with Gasteiger partial charge in [0.15, 0.2) is 0 Å². The molecule has 0 saturated heterocycles. The summed E-state index contributed by atoms with van der Waals surface area (Å²) in [4.78, 5) is 8.83. The molecule has 0 saturated carbocycles. The molecule has 0 aliphatic rings. The minimum Gasteiger partial charge on any atom is -0.321 e. The quantitative estimate of drug-likeness (QED) is 0.672. The Bertz CT molecular complexity index is 814. The van der Waals surface area contributed by atoms with E-state index < -0.39 is 5.82 Å². The predicted octanol–water partition coefficient (Wildman–Crippen LogP) is 4.32. The highest BCUT2D eigenvalue weighted by molar-refractivity contribution is 6.31. The van der Waals surface area contributed by atoms with Gasteiger partial charge in [-0.3, -0.25) is 4.98 Å². The number of imidazole rings is 1. The molecule has 3 rings (SSSR count). The molecule has 1 aromatic carbocycles. The average molecular weight is 324 g/mol. The van der Waals surface area contributed by atoms with Crippen molar-refractivity contribution in [1.82, 2.24) is 14.5 Å². The SMILES string of the molecule is Cc1cccc(Cn2c(CCl)nc3cc(F)c(Cl)cc32)n1. The summed E-state index contributed by atoms with van der Waals surface area (Å²) in [5.74, 6) is 0.417. The van der Waals surface area contributed by atoms with Crippen LogP contribution in [0.1, 0.15) is 17.2 Å². The highest BCUT2D eigenvalue weighted by Gasteiger charge is 2.13. The molecule has 0 spiro atoms. The summed E-state index contributed by atoms with van der Waals surface area (Å²) >= 11 is 11.8. The highest BCUT2D eigenvalue weighted by Crippen LogP contribution is 2.25. The first-order valence-corrected chi connectivity index (χ1v) is 7.32. The molecule has 21 heavy (non-hydrogen) atoms. The lowest BCUT2D eigenvalue weighted by Crippen LogP contribution is -2.06. The summed E-state index contributed by atoms with van der Waals surface area (Å²) in [7, 11) is 0. The Morgan fingerprint density at radius 3 is 2.76 bits per heavy atom. The summed E-state index contributed by atoms with van der Waals surface area (Å²) in [6, 6.07) is 8.72. The van der Waals surface area contributed by atoms with Gasteiger partial charge >= 0.3 is 0 Å². The molecule has 0 atom stereocenters. The van der Waals surface area contributed by atoms with Gasteiger partial charge in [0, 0.05) is 11.8 Å². The molecule has 3 aromatic rings. The van der Waals surface area contributed by atoms with Gasteiger partial charge in [-0.1, -0.05) is 17.7 Å². The van der Waals surface area contributed by atoms with E-state index >= 15 is 0 Å². The first-order valence-electron chi connectivity index (χ1n) is 6.41. The molecule has 3 nitrogen and oxygen atoms in total. The number of nitrogens with zero attached hydrogens (tertiary/aromatic N) is 3. The fraction of sp³-hybridized carbons (Fsp3) is 0.200. The molecule has 0 bridgehead atoms. The van der Waals surface area contributed by atoms with Crippen LogP contribution >= 0.6 is 23.2 Å². The van der Waals surface area contributed by atoms with Crippen LogP contribution in [-0.2, 0) is 12.4 Å². The Morgan fingerprint density at radius 2 is 2.05 bits per heavy atom. The number of halogens is 3. The number of aromatic nitrogens is 3. The normalized spacial score (nSPS) is 11.2. The number of aryl methyl sites for hydroxylation is 1. The van der Waals surface area contributed by atoms with Crippen molar-refractivity contribution in [3.05, 3.63) is 58.4 Å². The fourth-order valence-corrected chi connectivity index (χ4v) is 2.66. The average Bonchev–Trinajstić information content (AvgIpc) is 2.77. The lowest BCUT2D eigenvalue weighted by Gasteiger charge is -2.08. The Balaban J connectivity index is 2.14. The van der Waals surface area contributed by atoms with Crippen LogP contribution in [0.2, 0.25) is 5.02 Å². The van der Waals surface area contributed by atoms with Crippen LogP contribution in [0, 0.1) is 12.7 Å². The van der Waals surface area contributed by atoms with Crippen molar-refractivity contribution in [2.24, 2.45) is 0 Å². The third kappa shape index (κ3) is 2.74. The van der Waals surface area contributed by atoms with Crippen LogP contribution in [0.4, 0.5) is 4.39 Å². The Kier molecular flexibility index (Phi) is 3.83. The van der Waals surface area contributed by atoms with Crippen LogP contribution < -0.4 is 0 Å². The first kappa shape index (κ1) is 14.3. The topological polar surface area (TPSA) is 30.7 Å². The molecule has 2 heterocycles. The number of benzene rings is 1. The summed E-state index contributed by atoms with van der Waals surface area (Å²) in [5.41, 5.74) is 3.12. The molecule has 2 aromatic heterocycles. The Morgan fingerprint density at radius 1 is 1.24 bits per heavy atom. The van der Waals surface area contributed by atoms with Crippen LogP contribution in [0.3, 0.4) is 0 Å². The van der Waals surface area contributed by atoms with Crippen molar-refractivity contribution in [3.8, 4) is 0 Å². The van der Waals surface area contributed by atoms with E-state index in [0.29, 0.717) is 17.9 Å². The second-order valence-electron chi connectivity index (χ2n) is 4.77. The standard InChI is InChI=1S/C15H12Cl2FN3/c1-9-3-2-4-10(19-9)8-21-14-5-11(17)12(18)6-13(14)20-15(21)7-16/h2-6H,7-8H2,1H3. The van der Waals surface area contributed by atoms with Crippen LogP contribution in [0.15, 0.2) is 30.3 Å². The van der Waals surface area contributed by atoms with E-state index in [1.807, 2.05) is 29.7 Å². The maximum absolute atomic E-state index is 13.5. The van der Waals surface area contributed by atoms with Gasteiger partial charge in [0.2, 0.25) is 0 Å². The zero-order valence-electron chi connectivity index (χ0n) is 11.3. The number of hydrogen-bond acceptors (Lipinski definition) is 2. The second-order valence-corrected chi connectivity index (χ2v) is 5.45. The third-order valence-electron chi connectivity index (χ3n) is 3.25. The molecular weight excluding hydrogens is 312 g/mol. The molecule has 0 unspecified atom stereocenters. The van der Waals surface area contributed by atoms with E-state index in [9.17, 15) is 4.39 Å². The van der Waals surface area contributed by atoms with Gasteiger partial charge < -0.3 is 4.57 Å². The van der Waals surface area contributed by atoms with Gasteiger partial charge in [0.1, 0.15) is 11.6 Å². The number of alkyl halides is 1. The molecule has 0 N–H and O–H groups in total. The molecule has 0 aliphatic heterocycles. The lowest BCUT2D eigenvalue weighted by molar-refractivity contribution is 0.629. The summed E-state index contributed by atoms with van der Waals surface area (Å²) in [6.45, 7) is 2.45. The van der Waals surface area contributed by atoms with Crippen LogP contribution in [-0.4, -0.2) is 14.5 Å². The van der Waals surface area contributed by atoms with Crippen molar-refractivity contribution in [2.75, 3.05) is 0 Å². The summed E-state index contributed by atoms with van der Waals surface area (Å²) in [5, 5.41) is 0.0713. The number of fused-ring (bicyclic) bond motifs is 1. The van der Waals surface area contributed by atoms with Crippen molar-refractivity contribution < 1.29 is 4.39 Å². The largest absolute Gasteiger partial charge is 0.321 e. The summed E-state index contributed by atoms with van der Waals surface area (Å²) in [6.07, 6.45) is 0. The second kappa shape index (κ2) is 5.62. The van der Waals surface area contributed by atoms with E-state index in [2.05, 4.69) is 9.97 Å². The Labute approximate surface area is 131 Å². The number of hydrogen-bond donors (Lipinski definition) is 0. The molecule has 0 aliphatic carbocycles. The molecular formula is C15H12Cl2FN3. The molecule has 0 fully saturated rings. The van der Waals surface area contributed by atoms with E-state index in [-0.39, 0.29) is 10.9 Å². The predicted molar refractivity (Wildman–Crippen MR) is 82.3 cm³/mol. The molecule has 6 heteroatoms. The number of rotatable bonds is 3. The Hall–Kier alpha value is -1.65. The number of pyridine rings is 1.